The molecule has 1 aliphatic rings. The van der Waals surface area contributed by atoms with E-state index in [9.17, 15) is 4.79 Å². The summed E-state index contributed by atoms with van der Waals surface area (Å²) in [7, 11) is 0. The topological polar surface area (TPSA) is 32.3 Å². The van der Waals surface area contributed by atoms with Gasteiger partial charge in [0.15, 0.2) is 0 Å². The quantitative estimate of drug-likeness (QED) is 0.764. The van der Waals surface area contributed by atoms with Gasteiger partial charge in [-0.25, -0.2) is 0 Å². The molecule has 0 bridgehead atoms. The largest absolute Gasteiger partial charge is 0.339 e. The number of amides is 1. The Morgan fingerprint density at radius 1 is 1.29 bits per heavy atom. The maximum Gasteiger partial charge on any atom is 0.236 e. The third kappa shape index (κ3) is 6.89. The van der Waals surface area contributed by atoms with Crippen LogP contribution in [0.1, 0.15) is 40.5 Å². The average Bonchev–Trinajstić information content (AvgIpc) is 2.97. The van der Waals surface area contributed by atoms with Crippen molar-refractivity contribution in [3.63, 3.8) is 0 Å². The summed E-state index contributed by atoms with van der Waals surface area (Å²) in [6.07, 6.45) is 2.67. The van der Waals surface area contributed by atoms with Gasteiger partial charge in [0.25, 0.3) is 0 Å². The highest BCUT2D eigenvalue weighted by Gasteiger charge is 2.22. The first kappa shape index (κ1) is 16.7. The molecule has 1 N–H and O–H groups in total. The molecule has 1 rings (SSSR count). The molecule has 0 aliphatic heterocycles. The third-order valence-corrected chi connectivity index (χ3v) is 2.91. The molecule has 0 aromatic rings. The molecule has 1 aliphatic carbocycles. The number of nitrogens with zero attached hydrogens (tertiary/aromatic N) is 1. The predicted molar refractivity (Wildman–Crippen MR) is 74.5 cm³/mol. The van der Waals surface area contributed by atoms with Crippen LogP contribution in [-0.4, -0.2) is 36.5 Å². The van der Waals surface area contributed by atoms with Crippen molar-refractivity contribution < 1.29 is 4.79 Å². The van der Waals surface area contributed by atoms with Crippen LogP contribution in [0.5, 0.6) is 0 Å². The molecule has 4 heteroatoms. The van der Waals surface area contributed by atoms with Crippen LogP contribution in [0.3, 0.4) is 0 Å². The fraction of sp³-hybridized carbons (Fsp3) is 0.923. The van der Waals surface area contributed by atoms with Gasteiger partial charge < -0.3 is 10.2 Å². The van der Waals surface area contributed by atoms with Crippen molar-refractivity contribution in [2.45, 2.75) is 46.6 Å². The molecular weight excluding hydrogens is 236 g/mol. The summed E-state index contributed by atoms with van der Waals surface area (Å²) in [6, 6.07) is 0.303. The third-order valence-electron chi connectivity index (χ3n) is 2.91. The second-order valence-electron chi connectivity index (χ2n) is 5.61. The molecule has 102 valence electrons. The van der Waals surface area contributed by atoms with Crippen molar-refractivity contribution in [2.24, 2.45) is 11.8 Å². The molecular formula is C13H27ClN2O. The van der Waals surface area contributed by atoms with Crippen LogP contribution in [0.15, 0.2) is 0 Å². The minimum Gasteiger partial charge on any atom is -0.339 e. The van der Waals surface area contributed by atoms with Crippen LogP contribution in [0.25, 0.3) is 0 Å². The molecule has 3 nitrogen and oxygen atoms in total. The second-order valence-corrected chi connectivity index (χ2v) is 5.61. The Hall–Kier alpha value is -0.280. The van der Waals surface area contributed by atoms with E-state index in [1.165, 1.54) is 12.8 Å². The van der Waals surface area contributed by atoms with Crippen molar-refractivity contribution in [3.8, 4) is 0 Å². The smallest absolute Gasteiger partial charge is 0.236 e. The summed E-state index contributed by atoms with van der Waals surface area (Å²) in [4.78, 5) is 14.0. The number of halogens is 1. The van der Waals surface area contributed by atoms with Crippen molar-refractivity contribution in [1.82, 2.24) is 10.2 Å². The van der Waals surface area contributed by atoms with Gasteiger partial charge in [0, 0.05) is 12.6 Å². The zero-order chi connectivity index (χ0) is 12.1. The fourth-order valence-electron chi connectivity index (χ4n) is 1.80. The minimum absolute atomic E-state index is 0. The van der Waals surface area contributed by atoms with E-state index in [1.54, 1.807) is 0 Å². The fourth-order valence-corrected chi connectivity index (χ4v) is 1.80. The lowest BCUT2D eigenvalue weighted by molar-refractivity contribution is -0.132. The van der Waals surface area contributed by atoms with Gasteiger partial charge in [-0.15, -0.1) is 12.4 Å². The van der Waals surface area contributed by atoms with Gasteiger partial charge in [0.05, 0.1) is 6.54 Å². The maximum absolute atomic E-state index is 12.0. The van der Waals surface area contributed by atoms with E-state index in [-0.39, 0.29) is 18.3 Å². The highest BCUT2D eigenvalue weighted by Crippen LogP contribution is 2.27. The molecule has 0 atom stereocenters. The summed E-state index contributed by atoms with van der Waals surface area (Å²) >= 11 is 0. The summed E-state index contributed by atoms with van der Waals surface area (Å²) in [5.41, 5.74) is 0. The molecule has 0 spiro atoms. The Labute approximate surface area is 112 Å². The van der Waals surface area contributed by atoms with E-state index in [2.05, 4.69) is 33.0 Å². The van der Waals surface area contributed by atoms with Crippen LogP contribution < -0.4 is 5.32 Å². The molecule has 0 heterocycles. The van der Waals surface area contributed by atoms with Crippen LogP contribution in [-0.2, 0) is 4.79 Å². The maximum atomic E-state index is 12.0. The highest BCUT2D eigenvalue weighted by atomic mass is 35.5. The first-order chi connectivity index (χ1) is 7.50. The van der Waals surface area contributed by atoms with E-state index in [0.29, 0.717) is 18.5 Å². The summed E-state index contributed by atoms with van der Waals surface area (Å²) in [6.45, 7) is 10.9. The van der Waals surface area contributed by atoms with Gasteiger partial charge in [-0.1, -0.05) is 13.8 Å². The van der Waals surface area contributed by atoms with Crippen molar-refractivity contribution in [1.29, 1.82) is 0 Å². The van der Waals surface area contributed by atoms with Gasteiger partial charge >= 0.3 is 0 Å². The second kappa shape index (κ2) is 7.93. The average molecular weight is 263 g/mol. The van der Waals surface area contributed by atoms with Crippen LogP contribution in [0.2, 0.25) is 0 Å². The monoisotopic (exact) mass is 262 g/mol. The number of carbonyl (C=O) groups excluding carboxylic acids is 1. The summed E-state index contributed by atoms with van der Waals surface area (Å²) in [5, 5.41) is 3.26. The molecule has 17 heavy (non-hydrogen) atoms. The Morgan fingerprint density at radius 3 is 2.29 bits per heavy atom. The van der Waals surface area contributed by atoms with Crippen LogP contribution >= 0.6 is 12.4 Å². The first-order valence-corrected chi connectivity index (χ1v) is 6.51. The highest BCUT2D eigenvalue weighted by molar-refractivity contribution is 5.85. The molecule has 1 fully saturated rings. The SMILES string of the molecule is CC(C)CN(C(=O)CNCC1CC1)C(C)C.Cl. The molecule has 0 aromatic heterocycles. The van der Waals surface area contributed by atoms with Crippen LogP contribution in [0, 0.1) is 11.8 Å². The van der Waals surface area contributed by atoms with Crippen molar-refractivity contribution >= 4 is 18.3 Å². The van der Waals surface area contributed by atoms with Gasteiger partial charge in [-0.3, -0.25) is 4.79 Å². The molecule has 0 radical (unpaired) electrons. The molecule has 0 saturated heterocycles. The Morgan fingerprint density at radius 2 is 1.88 bits per heavy atom. The zero-order valence-corrected chi connectivity index (χ0v) is 12.3. The van der Waals surface area contributed by atoms with Gasteiger partial charge in [-0.05, 0) is 45.1 Å². The summed E-state index contributed by atoms with van der Waals surface area (Å²) < 4.78 is 0. The van der Waals surface area contributed by atoms with E-state index < -0.39 is 0 Å². The lowest BCUT2D eigenvalue weighted by Gasteiger charge is -2.28. The molecule has 1 amide bonds. The summed E-state index contributed by atoms with van der Waals surface area (Å²) in [5.74, 6) is 1.62. The standard InChI is InChI=1S/C13H26N2O.ClH/c1-10(2)9-15(11(3)4)13(16)8-14-7-12-5-6-12;/h10-12,14H,5-9H2,1-4H3;1H. The van der Waals surface area contributed by atoms with E-state index in [1.807, 2.05) is 4.90 Å². The van der Waals surface area contributed by atoms with Crippen LogP contribution in [0.4, 0.5) is 0 Å². The lowest BCUT2D eigenvalue weighted by Crippen LogP contribution is -2.44. The Kier molecular flexibility index (Phi) is 7.80. The lowest BCUT2D eigenvalue weighted by atomic mass is 10.2. The van der Waals surface area contributed by atoms with Crippen molar-refractivity contribution in [2.75, 3.05) is 19.6 Å². The minimum atomic E-state index is 0. The Balaban J connectivity index is 0.00000256. The predicted octanol–water partition coefficient (Wildman–Crippen LogP) is 2.30. The Bertz CT molecular complexity index is 227. The number of carbonyl (C=O) groups is 1. The normalized spacial score (nSPS) is 14.9. The van der Waals surface area contributed by atoms with Gasteiger partial charge in [-0.2, -0.15) is 0 Å². The first-order valence-electron chi connectivity index (χ1n) is 6.51. The zero-order valence-electron chi connectivity index (χ0n) is 11.5. The number of rotatable bonds is 7. The molecule has 0 unspecified atom stereocenters. The number of nitrogens with one attached hydrogen (secondary N) is 1. The van der Waals surface area contributed by atoms with E-state index >= 15 is 0 Å². The van der Waals surface area contributed by atoms with E-state index in [4.69, 9.17) is 0 Å². The van der Waals surface area contributed by atoms with Crippen molar-refractivity contribution in [3.05, 3.63) is 0 Å². The number of hydrogen-bond donors (Lipinski definition) is 1. The molecule has 0 aromatic carbocycles. The van der Waals surface area contributed by atoms with Gasteiger partial charge in [0.1, 0.15) is 0 Å². The van der Waals surface area contributed by atoms with E-state index in [0.717, 1.165) is 19.0 Å². The van der Waals surface area contributed by atoms with Gasteiger partial charge in [0.2, 0.25) is 5.91 Å². The molecule has 1 saturated carbocycles. The number of hydrogen-bond acceptors (Lipinski definition) is 2.